The normalized spacial score (nSPS) is 21.9. The van der Waals surface area contributed by atoms with Crippen LogP contribution < -0.4 is 16.4 Å². The molecule has 0 saturated heterocycles. The monoisotopic (exact) mass is 778 g/mol. The maximum Gasteiger partial charge on any atom is 0.242 e. The van der Waals surface area contributed by atoms with Gasteiger partial charge in [-0.2, -0.15) is 0 Å². The first-order chi connectivity index (χ1) is 29.1. The summed E-state index contributed by atoms with van der Waals surface area (Å²) in [6.45, 7) is 13.8. The lowest BCUT2D eigenvalue weighted by atomic mass is 9.34. The highest BCUT2D eigenvalue weighted by atomic mass is 16.3. The van der Waals surface area contributed by atoms with E-state index in [1.165, 1.54) is 121 Å². The number of para-hydroxylation sites is 2. The van der Waals surface area contributed by atoms with Crippen molar-refractivity contribution in [2.45, 2.75) is 90.9 Å². The van der Waals surface area contributed by atoms with Crippen LogP contribution in [0.25, 0.3) is 44.2 Å². The van der Waals surface area contributed by atoms with Crippen molar-refractivity contribution < 1.29 is 4.42 Å². The Labute approximate surface area is 357 Å². The van der Waals surface area contributed by atoms with Gasteiger partial charge in [-0.15, -0.1) is 0 Å². The van der Waals surface area contributed by atoms with E-state index in [1.54, 1.807) is 11.1 Å². The van der Waals surface area contributed by atoms with Gasteiger partial charge in [0.25, 0.3) is 0 Å². The van der Waals surface area contributed by atoms with Crippen LogP contribution in [0.4, 0.5) is 0 Å². The van der Waals surface area contributed by atoms with Crippen LogP contribution in [0.15, 0.2) is 144 Å². The van der Waals surface area contributed by atoms with Crippen molar-refractivity contribution in [2.24, 2.45) is 11.8 Å². The zero-order valence-electron chi connectivity index (χ0n) is 36.2. The molecule has 4 aliphatic carbocycles. The lowest BCUT2D eigenvalue weighted by Crippen LogP contribution is -2.56. The largest absolute Gasteiger partial charge is 0.455 e. The molecule has 0 N–H and O–H groups in total. The van der Waals surface area contributed by atoms with Crippen LogP contribution in [0.1, 0.15) is 83.0 Å². The Hall–Kier alpha value is -5.60. The lowest BCUT2D eigenvalue weighted by molar-refractivity contribution is -0.0281. The molecule has 60 heavy (non-hydrogen) atoms. The highest BCUT2D eigenvalue weighted by Gasteiger charge is 2.58. The minimum Gasteiger partial charge on any atom is -0.455 e. The second-order valence-electron chi connectivity index (χ2n) is 19.6. The summed E-state index contributed by atoms with van der Waals surface area (Å²) in [5, 5.41) is 2.38. The van der Waals surface area contributed by atoms with Crippen LogP contribution in [0.2, 0.25) is 0 Å². The van der Waals surface area contributed by atoms with Crippen LogP contribution in [0.3, 0.4) is 0 Å². The number of furan rings is 1. The first-order valence-electron chi connectivity index (χ1n) is 22.4. The minimum absolute atomic E-state index is 0.168. The predicted molar refractivity (Wildman–Crippen MR) is 255 cm³/mol. The number of hydrogen-bond acceptors (Lipinski definition) is 1. The third kappa shape index (κ3) is 6.04. The average Bonchev–Trinajstić information content (AvgIpc) is 3.61. The van der Waals surface area contributed by atoms with E-state index in [1.807, 2.05) is 0 Å². The van der Waals surface area contributed by atoms with Crippen molar-refractivity contribution >= 4 is 45.0 Å². The van der Waals surface area contributed by atoms with Gasteiger partial charge in [-0.25, -0.2) is 0 Å². The SMILES string of the molecule is Cc1cc(C)c(B(c2cccc(-c3ccc(C45CC6CC(C4)CC(c4ccc(-c7cccc8c7oc7ccccc78)cc4)(C6)C5)cc3)c2)c2c(C)cc(C)cc2C)c(C)c1. The van der Waals surface area contributed by atoms with Gasteiger partial charge in [0, 0.05) is 16.3 Å². The molecule has 4 bridgehead atoms. The average molecular weight is 779 g/mol. The summed E-state index contributed by atoms with van der Waals surface area (Å²) in [5.74, 6) is 1.59. The van der Waals surface area contributed by atoms with Crippen LogP contribution >= 0.6 is 0 Å². The fraction of sp³-hybridized carbons (Fsp3) is 0.276. The summed E-state index contributed by atoms with van der Waals surface area (Å²) >= 11 is 0. The molecule has 4 fully saturated rings. The van der Waals surface area contributed by atoms with E-state index < -0.39 is 0 Å². The molecule has 0 amide bonds. The van der Waals surface area contributed by atoms with Gasteiger partial charge in [-0.1, -0.05) is 183 Å². The maximum atomic E-state index is 6.44. The van der Waals surface area contributed by atoms with Gasteiger partial charge in [-0.05, 0) is 137 Å². The van der Waals surface area contributed by atoms with Crippen molar-refractivity contribution in [3.8, 4) is 22.3 Å². The van der Waals surface area contributed by atoms with E-state index in [9.17, 15) is 0 Å². The molecular formula is C58H55BO. The van der Waals surface area contributed by atoms with E-state index in [4.69, 9.17) is 4.42 Å². The molecule has 2 atom stereocenters. The number of rotatable bonds is 7. The fourth-order valence-corrected chi connectivity index (χ4v) is 13.6. The zero-order valence-corrected chi connectivity index (χ0v) is 36.2. The lowest BCUT2D eigenvalue weighted by Gasteiger charge is -2.63. The molecule has 0 spiro atoms. The Morgan fingerprint density at radius 3 is 1.58 bits per heavy atom. The molecule has 2 unspecified atom stereocenters. The summed E-state index contributed by atoms with van der Waals surface area (Å²) < 4.78 is 6.44. The van der Waals surface area contributed by atoms with Crippen molar-refractivity contribution in [2.75, 3.05) is 0 Å². The second kappa shape index (κ2) is 14.0. The molecule has 4 saturated carbocycles. The summed E-state index contributed by atoms with van der Waals surface area (Å²) in [4.78, 5) is 0. The first-order valence-corrected chi connectivity index (χ1v) is 22.4. The third-order valence-electron chi connectivity index (χ3n) is 15.4. The standard InChI is InChI=1S/C58H55BO/c1-36-25-38(3)54(39(4)26-36)59(55-40(5)27-37(2)28-41(55)6)49-12-9-11-46(30-49)44-17-21-47(22-18-44)57-31-42-29-43(32-57)34-58(33-42,35-57)48-23-19-45(20-24-48)50-14-10-15-52-51-13-7-8-16-53(51)60-56(50)52/h7-28,30,42-43H,29,31-35H2,1-6H3. The van der Waals surface area contributed by atoms with Crippen LogP contribution in [0.5, 0.6) is 0 Å². The Morgan fingerprint density at radius 2 is 1.00 bits per heavy atom. The number of aryl methyl sites for hydroxylation is 6. The Balaban J connectivity index is 0.913. The van der Waals surface area contributed by atoms with Gasteiger partial charge in [0.15, 0.2) is 0 Å². The summed E-state index contributed by atoms with van der Waals surface area (Å²) in [6.07, 6.45) is 7.98. The van der Waals surface area contributed by atoms with Gasteiger partial charge in [0.2, 0.25) is 6.71 Å². The molecule has 1 heterocycles. The predicted octanol–water partition coefficient (Wildman–Crippen LogP) is 13.1. The molecule has 7 aromatic carbocycles. The van der Waals surface area contributed by atoms with Gasteiger partial charge >= 0.3 is 0 Å². The molecular weight excluding hydrogens is 723 g/mol. The smallest absolute Gasteiger partial charge is 0.242 e. The topological polar surface area (TPSA) is 13.1 Å². The van der Waals surface area contributed by atoms with Gasteiger partial charge < -0.3 is 4.42 Å². The quantitative estimate of drug-likeness (QED) is 0.147. The summed E-state index contributed by atoms with van der Waals surface area (Å²) in [6, 6.07) is 53.5. The second-order valence-corrected chi connectivity index (χ2v) is 19.6. The molecule has 0 radical (unpaired) electrons. The Bertz CT molecular complexity index is 2840. The first kappa shape index (κ1) is 37.4. The van der Waals surface area contributed by atoms with Crippen LogP contribution in [0, 0.1) is 53.4 Å². The fourth-order valence-electron chi connectivity index (χ4n) is 13.6. The maximum absolute atomic E-state index is 6.44. The molecule has 2 heteroatoms. The van der Waals surface area contributed by atoms with E-state index in [0.717, 1.165) is 23.0 Å². The molecule has 4 aliphatic rings. The van der Waals surface area contributed by atoms with E-state index >= 15 is 0 Å². The van der Waals surface area contributed by atoms with Crippen molar-refractivity contribution in [3.63, 3.8) is 0 Å². The van der Waals surface area contributed by atoms with E-state index in [-0.39, 0.29) is 17.5 Å². The Morgan fingerprint density at radius 1 is 0.483 bits per heavy atom. The molecule has 1 nitrogen and oxygen atoms in total. The highest BCUT2D eigenvalue weighted by molar-refractivity contribution is 6.96. The minimum atomic E-state index is 0.168. The van der Waals surface area contributed by atoms with E-state index in [0.29, 0.717) is 0 Å². The number of fused-ring (bicyclic) bond motifs is 3. The zero-order chi connectivity index (χ0) is 40.9. The molecule has 12 rings (SSSR count). The molecule has 0 aliphatic heterocycles. The van der Waals surface area contributed by atoms with Gasteiger partial charge in [0.1, 0.15) is 11.2 Å². The number of hydrogen-bond donors (Lipinski definition) is 0. The summed E-state index contributed by atoms with van der Waals surface area (Å²) in [5.41, 5.74) is 23.0. The van der Waals surface area contributed by atoms with E-state index in [2.05, 4.69) is 181 Å². The molecule has 1 aromatic heterocycles. The summed E-state index contributed by atoms with van der Waals surface area (Å²) in [7, 11) is 0. The van der Waals surface area contributed by atoms with Gasteiger partial charge in [0.05, 0.1) is 0 Å². The molecule has 8 aromatic rings. The van der Waals surface area contributed by atoms with Crippen molar-refractivity contribution in [3.05, 3.63) is 184 Å². The third-order valence-corrected chi connectivity index (χ3v) is 15.4. The van der Waals surface area contributed by atoms with Crippen molar-refractivity contribution in [1.29, 1.82) is 0 Å². The molecule has 296 valence electrons. The number of benzene rings is 7. The van der Waals surface area contributed by atoms with Crippen LogP contribution in [-0.4, -0.2) is 6.71 Å². The Kier molecular flexibility index (Phi) is 8.72. The highest BCUT2D eigenvalue weighted by Crippen LogP contribution is 2.66. The van der Waals surface area contributed by atoms with Gasteiger partial charge in [-0.3, -0.25) is 0 Å². The van der Waals surface area contributed by atoms with Crippen molar-refractivity contribution in [1.82, 2.24) is 0 Å². The van der Waals surface area contributed by atoms with Crippen LogP contribution in [-0.2, 0) is 10.8 Å².